The van der Waals surface area contributed by atoms with Crippen molar-refractivity contribution in [3.05, 3.63) is 48.5 Å². The van der Waals surface area contributed by atoms with Crippen molar-refractivity contribution in [3.63, 3.8) is 0 Å². The van der Waals surface area contributed by atoms with Gasteiger partial charge in [0.05, 0.1) is 32.4 Å². The Balaban J connectivity index is 2.35. The summed E-state index contributed by atoms with van der Waals surface area (Å²) in [5.41, 5.74) is 2.57. The zero-order valence-corrected chi connectivity index (χ0v) is 12.8. The summed E-state index contributed by atoms with van der Waals surface area (Å²) in [5.74, 6) is 2.10. The molecule has 0 radical (unpaired) electrons. The highest BCUT2D eigenvalue weighted by atomic mass is 16.5. The van der Waals surface area contributed by atoms with Crippen molar-refractivity contribution in [2.75, 3.05) is 21.3 Å². The highest BCUT2D eigenvalue weighted by Crippen LogP contribution is 2.40. The molecule has 4 nitrogen and oxygen atoms in total. The largest absolute Gasteiger partial charge is 0.496 e. The molecule has 3 aromatic rings. The number of benzene rings is 2. The maximum atomic E-state index is 5.56. The fourth-order valence-corrected chi connectivity index (χ4v) is 2.50. The van der Waals surface area contributed by atoms with E-state index in [1.807, 2.05) is 48.5 Å². The molecule has 0 fully saturated rings. The van der Waals surface area contributed by atoms with Gasteiger partial charge in [0.1, 0.15) is 22.8 Å². The quantitative estimate of drug-likeness (QED) is 0.731. The number of rotatable bonds is 4. The molecule has 0 N–H and O–H groups in total. The van der Waals surface area contributed by atoms with Crippen LogP contribution in [-0.2, 0) is 0 Å². The minimum absolute atomic E-state index is 0.687. The van der Waals surface area contributed by atoms with Crippen molar-refractivity contribution in [1.29, 1.82) is 0 Å². The molecule has 112 valence electrons. The molecular weight excluding hydrogens is 278 g/mol. The van der Waals surface area contributed by atoms with Gasteiger partial charge in [-0.2, -0.15) is 0 Å². The predicted molar refractivity (Wildman–Crippen MR) is 86.8 cm³/mol. The highest BCUT2D eigenvalue weighted by molar-refractivity contribution is 5.96. The molecule has 4 heteroatoms. The average molecular weight is 295 g/mol. The highest BCUT2D eigenvalue weighted by Gasteiger charge is 2.16. The summed E-state index contributed by atoms with van der Waals surface area (Å²) in [6, 6.07) is 15.6. The van der Waals surface area contributed by atoms with E-state index < -0.39 is 0 Å². The summed E-state index contributed by atoms with van der Waals surface area (Å²) in [7, 11) is 4.90. The van der Waals surface area contributed by atoms with E-state index in [4.69, 9.17) is 19.2 Å². The van der Waals surface area contributed by atoms with Crippen LogP contribution in [0.3, 0.4) is 0 Å². The van der Waals surface area contributed by atoms with Crippen LogP contribution in [0.15, 0.2) is 48.5 Å². The van der Waals surface area contributed by atoms with Crippen LogP contribution in [0.2, 0.25) is 0 Å². The molecule has 3 rings (SSSR count). The number of pyridine rings is 1. The standard InChI is InChI=1S/C18H17NO3/c1-20-14-9-10-15(21-2)18-17(14)16(22-3)11-13(19-18)12-7-5-4-6-8-12/h4-11H,1-3H3. The molecule has 22 heavy (non-hydrogen) atoms. The Morgan fingerprint density at radius 2 is 1.36 bits per heavy atom. The second-order valence-corrected chi connectivity index (χ2v) is 4.77. The third-order valence-corrected chi connectivity index (χ3v) is 3.58. The molecule has 0 saturated heterocycles. The van der Waals surface area contributed by atoms with Gasteiger partial charge >= 0.3 is 0 Å². The zero-order chi connectivity index (χ0) is 15.5. The fraction of sp³-hybridized carbons (Fsp3) is 0.167. The Labute approximate surface area is 129 Å². The van der Waals surface area contributed by atoms with Crippen LogP contribution in [0.4, 0.5) is 0 Å². The van der Waals surface area contributed by atoms with E-state index in [1.165, 1.54) is 0 Å². The van der Waals surface area contributed by atoms with E-state index >= 15 is 0 Å². The summed E-state index contributed by atoms with van der Waals surface area (Å²) in [4.78, 5) is 4.75. The molecule has 0 amide bonds. The van der Waals surface area contributed by atoms with E-state index in [9.17, 15) is 0 Å². The van der Waals surface area contributed by atoms with Gasteiger partial charge in [0, 0.05) is 11.6 Å². The second-order valence-electron chi connectivity index (χ2n) is 4.77. The van der Waals surface area contributed by atoms with Gasteiger partial charge in [-0.25, -0.2) is 4.98 Å². The Morgan fingerprint density at radius 1 is 0.727 bits per heavy atom. The Bertz CT molecular complexity index is 800. The van der Waals surface area contributed by atoms with Gasteiger partial charge in [-0.05, 0) is 12.1 Å². The van der Waals surface area contributed by atoms with E-state index in [1.54, 1.807) is 21.3 Å². The summed E-state index contributed by atoms with van der Waals surface area (Å²) in [5, 5.41) is 0.809. The first-order valence-corrected chi connectivity index (χ1v) is 6.93. The summed E-state index contributed by atoms with van der Waals surface area (Å²) < 4.78 is 16.4. The molecule has 0 aliphatic heterocycles. The number of ether oxygens (including phenoxy) is 3. The van der Waals surface area contributed by atoms with Crippen molar-refractivity contribution in [1.82, 2.24) is 4.98 Å². The Kier molecular flexibility index (Phi) is 3.83. The molecule has 0 saturated carbocycles. The lowest BCUT2D eigenvalue weighted by Gasteiger charge is -2.14. The van der Waals surface area contributed by atoms with Crippen LogP contribution in [0.5, 0.6) is 17.2 Å². The molecule has 0 spiro atoms. The molecule has 2 aromatic carbocycles. The zero-order valence-electron chi connectivity index (χ0n) is 12.8. The molecular formula is C18H17NO3. The van der Waals surface area contributed by atoms with Crippen molar-refractivity contribution in [2.24, 2.45) is 0 Å². The second kappa shape index (κ2) is 5.93. The maximum Gasteiger partial charge on any atom is 0.145 e. The molecule has 0 atom stereocenters. The number of hydrogen-bond donors (Lipinski definition) is 0. The molecule has 0 bridgehead atoms. The maximum absolute atomic E-state index is 5.56. The molecule has 0 aliphatic rings. The van der Waals surface area contributed by atoms with Crippen LogP contribution in [0, 0.1) is 0 Å². The summed E-state index contributed by atoms with van der Waals surface area (Å²) in [6.07, 6.45) is 0. The number of aromatic nitrogens is 1. The third-order valence-electron chi connectivity index (χ3n) is 3.58. The Morgan fingerprint density at radius 3 is 2.00 bits per heavy atom. The summed E-state index contributed by atoms with van der Waals surface area (Å²) in [6.45, 7) is 0. The summed E-state index contributed by atoms with van der Waals surface area (Å²) >= 11 is 0. The van der Waals surface area contributed by atoms with E-state index in [0.29, 0.717) is 17.2 Å². The lowest BCUT2D eigenvalue weighted by molar-refractivity contribution is 0.399. The van der Waals surface area contributed by atoms with Gasteiger partial charge in [-0.15, -0.1) is 0 Å². The minimum atomic E-state index is 0.687. The monoisotopic (exact) mass is 295 g/mol. The van der Waals surface area contributed by atoms with Gasteiger partial charge in [0.2, 0.25) is 0 Å². The van der Waals surface area contributed by atoms with Crippen molar-refractivity contribution in [3.8, 4) is 28.5 Å². The SMILES string of the molecule is COc1ccc(OC)c2c(OC)cc(-c3ccccc3)nc12. The first-order valence-electron chi connectivity index (χ1n) is 6.93. The van der Waals surface area contributed by atoms with Crippen molar-refractivity contribution >= 4 is 10.9 Å². The van der Waals surface area contributed by atoms with Gasteiger partial charge in [-0.1, -0.05) is 30.3 Å². The van der Waals surface area contributed by atoms with Crippen LogP contribution < -0.4 is 14.2 Å². The van der Waals surface area contributed by atoms with Crippen molar-refractivity contribution < 1.29 is 14.2 Å². The van der Waals surface area contributed by atoms with Crippen LogP contribution in [-0.4, -0.2) is 26.3 Å². The first kappa shape index (κ1) is 14.2. The topological polar surface area (TPSA) is 40.6 Å². The predicted octanol–water partition coefficient (Wildman–Crippen LogP) is 3.93. The molecule has 1 aromatic heterocycles. The van der Waals surface area contributed by atoms with E-state index in [0.717, 1.165) is 22.2 Å². The third kappa shape index (κ3) is 2.33. The minimum Gasteiger partial charge on any atom is -0.496 e. The van der Waals surface area contributed by atoms with Gasteiger partial charge in [0.15, 0.2) is 0 Å². The fourth-order valence-electron chi connectivity index (χ4n) is 2.50. The number of methoxy groups -OCH3 is 3. The molecule has 1 heterocycles. The smallest absolute Gasteiger partial charge is 0.145 e. The number of hydrogen-bond acceptors (Lipinski definition) is 4. The van der Waals surface area contributed by atoms with Crippen molar-refractivity contribution in [2.45, 2.75) is 0 Å². The van der Waals surface area contributed by atoms with Crippen LogP contribution >= 0.6 is 0 Å². The first-order chi connectivity index (χ1) is 10.8. The lowest BCUT2D eigenvalue weighted by Crippen LogP contribution is -1.96. The number of nitrogens with zero attached hydrogens (tertiary/aromatic N) is 1. The lowest BCUT2D eigenvalue weighted by atomic mass is 10.1. The number of fused-ring (bicyclic) bond motifs is 1. The molecule has 0 unspecified atom stereocenters. The average Bonchev–Trinajstić information content (AvgIpc) is 2.60. The van der Waals surface area contributed by atoms with Crippen LogP contribution in [0.25, 0.3) is 22.2 Å². The van der Waals surface area contributed by atoms with Gasteiger partial charge < -0.3 is 14.2 Å². The van der Waals surface area contributed by atoms with Gasteiger partial charge in [0.25, 0.3) is 0 Å². The normalized spacial score (nSPS) is 10.5. The molecule has 0 aliphatic carbocycles. The van der Waals surface area contributed by atoms with Crippen LogP contribution in [0.1, 0.15) is 0 Å². The van der Waals surface area contributed by atoms with E-state index in [2.05, 4.69) is 0 Å². The van der Waals surface area contributed by atoms with E-state index in [-0.39, 0.29) is 0 Å². The Hall–Kier alpha value is -2.75. The van der Waals surface area contributed by atoms with Gasteiger partial charge in [-0.3, -0.25) is 0 Å².